The Labute approximate surface area is 182 Å². The molecule has 0 unspecified atom stereocenters. The van der Waals surface area contributed by atoms with Crippen molar-refractivity contribution in [2.75, 3.05) is 11.1 Å². The summed E-state index contributed by atoms with van der Waals surface area (Å²) in [6, 6.07) is 12.1. The van der Waals surface area contributed by atoms with E-state index in [1.165, 1.54) is 22.9 Å². The van der Waals surface area contributed by atoms with Gasteiger partial charge in [0.2, 0.25) is 5.91 Å². The monoisotopic (exact) mass is 424 g/mol. The summed E-state index contributed by atoms with van der Waals surface area (Å²) in [4.78, 5) is 12.4. The summed E-state index contributed by atoms with van der Waals surface area (Å²) in [7, 11) is 0. The van der Waals surface area contributed by atoms with Crippen molar-refractivity contribution in [1.29, 1.82) is 0 Å². The maximum Gasteiger partial charge on any atom is 0.234 e. The second-order valence-corrected chi connectivity index (χ2v) is 8.28. The van der Waals surface area contributed by atoms with Crippen LogP contribution in [0, 0.1) is 27.7 Å². The number of rotatable bonds is 8. The van der Waals surface area contributed by atoms with Crippen LogP contribution in [-0.2, 0) is 17.9 Å². The molecule has 30 heavy (non-hydrogen) atoms. The van der Waals surface area contributed by atoms with Gasteiger partial charge in [0.15, 0.2) is 11.0 Å². The minimum absolute atomic E-state index is 0.0627. The number of carbonyl (C=O) groups is 1. The SMILES string of the molecule is CCn1c(COc2ccc(C)c(C)c2)nnc1SCC(=O)Nc1cc(C)ccc1C. The summed E-state index contributed by atoms with van der Waals surface area (Å²) >= 11 is 1.38. The molecule has 3 rings (SSSR count). The number of hydrogen-bond donors (Lipinski definition) is 1. The van der Waals surface area contributed by atoms with E-state index in [1.54, 1.807) is 0 Å². The zero-order valence-corrected chi connectivity index (χ0v) is 19.0. The van der Waals surface area contributed by atoms with Crippen molar-refractivity contribution >= 4 is 23.4 Å². The van der Waals surface area contributed by atoms with Crippen molar-refractivity contribution < 1.29 is 9.53 Å². The number of carbonyl (C=O) groups excluding carboxylic acids is 1. The molecule has 1 aromatic heterocycles. The van der Waals surface area contributed by atoms with Crippen LogP contribution in [0.25, 0.3) is 0 Å². The van der Waals surface area contributed by atoms with Crippen molar-refractivity contribution in [3.8, 4) is 5.75 Å². The lowest BCUT2D eigenvalue weighted by Gasteiger charge is -2.11. The van der Waals surface area contributed by atoms with E-state index < -0.39 is 0 Å². The third-order valence-corrected chi connectivity index (χ3v) is 5.92. The summed E-state index contributed by atoms with van der Waals surface area (Å²) in [6.45, 7) is 11.2. The van der Waals surface area contributed by atoms with Crippen LogP contribution in [0.2, 0.25) is 0 Å². The van der Waals surface area contributed by atoms with E-state index in [1.807, 2.05) is 61.7 Å². The number of nitrogens with one attached hydrogen (secondary N) is 1. The molecule has 0 spiro atoms. The van der Waals surface area contributed by atoms with E-state index >= 15 is 0 Å². The van der Waals surface area contributed by atoms with Gasteiger partial charge in [-0.05, 0) is 75.1 Å². The predicted octanol–water partition coefficient (Wildman–Crippen LogP) is 4.84. The molecule has 158 valence electrons. The van der Waals surface area contributed by atoms with Gasteiger partial charge in [0.25, 0.3) is 0 Å². The van der Waals surface area contributed by atoms with Crippen molar-refractivity contribution in [2.24, 2.45) is 0 Å². The number of aromatic nitrogens is 3. The number of thioether (sulfide) groups is 1. The zero-order valence-electron chi connectivity index (χ0n) is 18.2. The van der Waals surface area contributed by atoms with Gasteiger partial charge in [-0.3, -0.25) is 4.79 Å². The molecular formula is C23H28N4O2S. The summed E-state index contributed by atoms with van der Waals surface area (Å²) in [5.74, 6) is 1.76. The van der Waals surface area contributed by atoms with Crippen molar-refractivity contribution in [1.82, 2.24) is 14.8 Å². The van der Waals surface area contributed by atoms with Gasteiger partial charge in [0, 0.05) is 12.2 Å². The van der Waals surface area contributed by atoms with E-state index in [0.717, 1.165) is 28.4 Å². The van der Waals surface area contributed by atoms with Crippen LogP contribution in [0.5, 0.6) is 5.75 Å². The molecule has 7 heteroatoms. The standard InChI is InChI=1S/C23H28N4O2S/c1-6-27-21(13-29-19-10-9-16(3)18(5)12-19)25-26-23(27)30-14-22(28)24-20-11-15(2)7-8-17(20)4/h7-12H,6,13-14H2,1-5H3,(H,24,28). The van der Waals surface area contributed by atoms with Crippen LogP contribution in [-0.4, -0.2) is 26.4 Å². The Bertz CT molecular complexity index is 1050. The molecule has 0 aliphatic heterocycles. The predicted molar refractivity (Wildman–Crippen MR) is 121 cm³/mol. The van der Waals surface area contributed by atoms with Gasteiger partial charge in [-0.15, -0.1) is 10.2 Å². The van der Waals surface area contributed by atoms with Crippen molar-refractivity contribution in [3.05, 3.63) is 64.5 Å². The van der Waals surface area contributed by atoms with E-state index in [2.05, 4.69) is 29.4 Å². The minimum Gasteiger partial charge on any atom is -0.486 e. The van der Waals surface area contributed by atoms with Crippen LogP contribution in [0.1, 0.15) is 35.0 Å². The molecule has 0 saturated heterocycles. The average Bonchev–Trinajstić information content (AvgIpc) is 3.12. The molecule has 0 saturated carbocycles. The van der Waals surface area contributed by atoms with E-state index in [0.29, 0.717) is 18.3 Å². The van der Waals surface area contributed by atoms with Crippen LogP contribution >= 0.6 is 11.8 Å². The number of amides is 1. The topological polar surface area (TPSA) is 69.0 Å². The van der Waals surface area contributed by atoms with Crippen LogP contribution < -0.4 is 10.1 Å². The number of nitrogens with zero attached hydrogens (tertiary/aromatic N) is 3. The molecule has 0 bridgehead atoms. The molecule has 1 amide bonds. The first-order valence-corrected chi connectivity index (χ1v) is 11.0. The fourth-order valence-electron chi connectivity index (χ4n) is 2.99. The second kappa shape index (κ2) is 9.80. The molecule has 1 heterocycles. The van der Waals surface area contributed by atoms with Gasteiger partial charge in [0.1, 0.15) is 12.4 Å². The average molecular weight is 425 g/mol. The molecule has 1 N–H and O–H groups in total. The fraction of sp³-hybridized carbons (Fsp3) is 0.348. The van der Waals surface area contributed by atoms with Gasteiger partial charge < -0.3 is 14.6 Å². The molecule has 0 atom stereocenters. The lowest BCUT2D eigenvalue weighted by atomic mass is 10.1. The smallest absolute Gasteiger partial charge is 0.234 e. The first-order chi connectivity index (χ1) is 14.4. The molecule has 0 radical (unpaired) electrons. The van der Waals surface area contributed by atoms with E-state index in [9.17, 15) is 4.79 Å². The summed E-state index contributed by atoms with van der Waals surface area (Å²) in [5.41, 5.74) is 5.43. The highest BCUT2D eigenvalue weighted by atomic mass is 32.2. The number of hydrogen-bond acceptors (Lipinski definition) is 5. The van der Waals surface area contributed by atoms with Crippen LogP contribution in [0.3, 0.4) is 0 Å². The molecular weight excluding hydrogens is 396 g/mol. The van der Waals surface area contributed by atoms with Gasteiger partial charge in [-0.2, -0.15) is 0 Å². The van der Waals surface area contributed by atoms with Crippen molar-refractivity contribution in [3.63, 3.8) is 0 Å². The normalized spacial score (nSPS) is 10.8. The third kappa shape index (κ3) is 5.42. The third-order valence-electron chi connectivity index (χ3n) is 4.96. The highest BCUT2D eigenvalue weighted by molar-refractivity contribution is 7.99. The van der Waals surface area contributed by atoms with Crippen LogP contribution in [0.15, 0.2) is 41.6 Å². The minimum atomic E-state index is -0.0627. The number of aryl methyl sites for hydroxylation is 4. The Hall–Kier alpha value is -2.80. The van der Waals surface area contributed by atoms with Crippen molar-refractivity contribution in [2.45, 2.75) is 52.9 Å². The van der Waals surface area contributed by atoms with Gasteiger partial charge in [-0.25, -0.2) is 0 Å². The number of benzene rings is 2. The Morgan fingerprint density at radius 2 is 1.80 bits per heavy atom. The van der Waals surface area contributed by atoms with Gasteiger partial charge in [-0.1, -0.05) is 30.0 Å². The molecule has 3 aromatic rings. The maximum atomic E-state index is 12.4. The quantitative estimate of drug-likeness (QED) is 0.524. The summed E-state index contributed by atoms with van der Waals surface area (Å²) in [6.07, 6.45) is 0. The Kier molecular flexibility index (Phi) is 7.15. The number of anilines is 1. The molecule has 2 aromatic carbocycles. The zero-order chi connectivity index (χ0) is 21.7. The van der Waals surface area contributed by atoms with Gasteiger partial charge in [0.05, 0.1) is 5.75 Å². The highest BCUT2D eigenvalue weighted by Gasteiger charge is 2.14. The van der Waals surface area contributed by atoms with E-state index in [4.69, 9.17) is 4.74 Å². The molecule has 0 fully saturated rings. The first kappa shape index (κ1) is 21.9. The fourth-order valence-corrected chi connectivity index (χ4v) is 3.81. The Morgan fingerprint density at radius 3 is 2.53 bits per heavy atom. The Morgan fingerprint density at radius 1 is 1.03 bits per heavy atom. The summed E-state index contributed by atoms with van der Waals surface area (Å²) in [5, 5.41) is 12.2. The Balaban J connectivity index is 1.60. The van der Waals surface area contributed by atoms with E-state index in [-0.39, 0.29) is 11.7 Å². The largest absolute Gasteiger partial charge is 0.486 e. The van der Waals surface area contributed by atoms with Crippen LogP contribution in [0.4, 0.5) is 5.69 Å². The second-order valence-electron chi connectivity index (χ2n) is 7.33. The molecule has 0 aliphatic carbocycles. The lowest BCUT2D eigenvalue weighted by Crippen LogP contribution is -2.15. The first-order valence-electron chi connectivity index (χ1n) is 9.99. The maximum absolute atomic E-state index is 12.4. The molecule has 0 aliphatic rings. The number of ether oxygens (including phenoxy) is 1. The molecule has 6 nitrogen and oxygen atoms in total. The van der Waals surface area contributed by atoms with Gasteiger partial charge >= 0.3 is 0 Å². The highest BCUT2D eigenvalue weighted by Crippen LogP contribution is 2.21. The lowest BCUT2D eigenvalue weighted by molar-refractivity contribution is -0.113. The summed E-state index contributed by atoms with van der Waals surface area (Å²) < 4.78 is 7.88.